The molecule has 2 aromatic carbocycles. The minimum absolute atomic E-state index is 0.225. The van der Waals surface area contributed by atoms with E-state index < -0.39 is 0 Å². The molecule has 0 aliphatic carbocycles. The summed E-state index contributed by atoms with van der Waals surface area (Å²) in [5.74, 6) is 1.72. The van der Waals surface area contributed by atoms with Gasteiger partial charge in [0.1, 0.15) is 18.1 Å². The average molecular weight is 321 g/mol. The fourth-order valence-corrected chi connectivity index (χ4v) is 2.21. The van der Waals surface area contributed by atoms with E-state index in [0.717, 1.165) is 22.6 Å². The zero-order valence-corrected chi connectivity index (χ0v) is 12.7. The second-order valence-corrected chi connectivity index (χ2v) is 5.67. The van der Waals surface area contributed by atoms with Crippen LogP contribution in [0, 0.1) is 0 Å². The van der Waals surface area contributed by atoms with Crippen LogP contribution in [0.4, 0.5) is 0 Å². The summed E-state index contributed by atoms with van der Waals surface area (Å²) in [5, 5.41) is 0. The quantitative estimate of drug-likeness (QED) is 0.741. The van der Waals surface area contributed by atoms with E-state index in [-0.39, 0.29) is 4.83 Å². The summed E-state index contributed by atoms with van der Waals surface area (Å²) in [7, 11) is 1.68. The fraction of sp³-hybridized carbons (Fsp3) is 0.250. The van der Waals surface area contributed by atoms with Gasteiger partial charge in [-0.05, 0) is 30.7 Å². The molecule has 0 amide bonds. The normalized spacial score (nSPS) is 11.9. The van der Waals surface area contributed by atoms with Crippen molar-refractivity contribution >= 4 is 15.9 Å². The Morgan fingerprint density at radius 1 is 1.11 bits per heavy atom. The summed E-state index contributed by atoms with van der Waals surface area (Å²) in [5.41, 5.74) is 2.25. The van der Waals surface area contributed by atoms with E-state index >= 15 is 0 Å². The lowest BCUT2D eigenvalue weighted by Crippen LogP contribution is -1.97. The average Bonchev–Trinajstić information content (AvgIpc) is 2.46. The molecular weight excluding hydrogens is 304 g/mol. The molecule has 2 rings (SSSR count). The molecule has 0 spiro atoms. The lowest BCUT2D eigenvalue weighted by molar-refractivity contribution is 0.305. The highest BCUT2D eigenvalue weighted by molar-refractivity contribution is 9.09. The first-order valence-corrected chi connectivity index (χ1v) is 7.11. The summed E-state index contributed by atoms with van der Waals surface area (Å²) in [6.07, 6.45) is 0. The number of hydrogen-bond acceptors (Lipinski definition) is 2. The summed E-state index contributed by atoms with van der Waals surface area (Å²) in [6.45, 7) is 2.64. The molecule has 0 radical (unpaired) electrons. The summed E-state index contributed by atoms with van der Waals surface area (Å²) in [6, 6.07) is 16.0. The molecule has 2 aromatic rings. The highest BCUT2D eigenvalue weighted by atomic mass is 79.9. The van der Waals surface area contributed by atoms with E-state index in [0.29, 0.717) is 6.61 Å². The van der Waals surface area contributed by atoms with Crippen LogP contribution in [0.1, 0.15) is 22.9 Å². The van der Waals surface area contributed by atoms with Crippen molar-refractivity contribution in [3.63, 3.8) is 0 Å². The zero-order valence-electron chi connectivity index (χ0n) is 11.1. The summed E-state index contributed by atoms with van der Waals surface area (Å²) < 4.78 is 11.1. The molecule has 19 heavy (non-hydrogen) atoms. The van der Waals surface area contributed by atoms with Crippen molar-refractivity contribution in [3.8, 4) is 11.5 Å². The van der Waals surface area contributed by atoms with E-state index in [2.05, 4.69) is 35.0 Å². The van der Waals surface area contributed by atoms with Gasteiger partial charge in [0.2, 0.25) is 0 Å². The topological polar surface area (TPSA) is 18.5 Å². The fourth-order valence-electron chi connectivity index (χ4n) is 1.85. The minimum Gasteiger partial charge on any atom is -0.496 e. The molecule has 1 unspecified atom stereocenters. The van der Waals surface area contributed by atoms with Gasteiger partial charge in [-0.25, -0.2) is 0 Å². The lowest BCUT2D eigenvalue weighted by Gasteiger charge is -2.13. The summed E-state index contributed by atoms with van der Waals surface area (Å²) in [4.78, 5) is 0.225. The number of rotatable bonds is 5. The molecule has 0 aliphatic heterocycles. The van der Waals surface area contributed by atoms with Crippen LogP contribution in [0.3, 0.4) is 0 Å². The number of halogens is 1. The minimum atomic E-state index is 0.225. The predicted molar refractivity (Wildman–Crippen MR) is 81.1 cm³/mol. The third kappa shape index (κ3) is 3.74. The van der Waals surface area contributed by atoms with Crippen molar-refractivity contribution in [1.29, 1.82) is 0 Å². The van der Waals surface area contributed by atoms with Crippen LogP contribution in [0.25, 0.3) is 0 Å². The Morgan fingerprint density at radius 2 is 1.84 bits per heavy atom. The number of alkyl halides is 1. The van der Waals surface area contributed by atoms with Crippen LogP contribution in [-0.4, -0.2) is 7.11 Å². The van der Waals surface area contributed by atoms with Crippen LogP contribution in [0.2, 0.25) is 0 Å². The molecule has 0 aliphatic rings. The van der Waals surface area contributed by atoms with E-state index in [1.807, 2.05) is 36.4 Å². The third-order valence-electron chi connectivity index (χ3n) is 2.88. The Kier molecular flexibility index (Phi) is 4.86. The highest BCUT2D eigenvalue weighted by Crippen LogP contribution is 2.33. The Balaban J connectivity index is 2.11. The molecule has 1 atom stereocenters. The Morgan fingerprint density at radius 3 is 2.47 bits per heavy atom. The van der Waals surface area contributed by atoms with Gasteiger partial charge in [0.05, 0.1) is 7.11 Å². The molecule has 0 saturated carbocycles. The molecule has 100 valence electrons. The Bertz CT molecular complexity index is 524. The van der Waals surface area contributed by atoms with E-state index in [9.17, 15) is 0 Å². The van der Waals surface area contributed by atoms with Crippen LogP contribution < -0.4 is 9.47 Å². The van der Waals surface area contributed by atoms with Gasteiger partial charge in [-0.15, -0.1) is 0 Å². The van der Waals surface area contributed by atoms with Crippen molar-refractivity contribution in [3.05, 3.63) is 59.7 Å². The van der Waals surface area contributed by atoms with Crippen LogP contribution in [0.5, 0.6) is 11.5 Å². The van der Waals surface area contributed by atoms with Crippen molar-refractivity contribution in [2.24, 2.45) is 0 Å². The van der Waals surface area contributed by atoms with Crippen molar-refractivity contribution in [1.82, 2.24) is 0 Å². The molecule has 0 bridgehead atoms. The van der Waals surface area contributed by atoms with Gasteiger partial charge >= 0.3 is 0 Å². The van der Waals surface area contributed by atoms with Gasteiger partial charge < -0.3 is 9.47 Å². The zero-order chi connectivity index (χ0) is 13.7. The SMILES string of the molecule is COc1ccc(OCc2ccccc2)cc1C(C)Br. The molecule has 0 fully saturated rings. The first-order valence-electron chi connectivity index (χ1n) is 6.19. The molecule has 0 N–H and O–H groups in total. The van der Waals surface area contributed by atoms with Crippen LogP contribution >= 0.6 is 15.9 Å². The second-order valence-electron chi connectivity index (χ2n) is 4.29. The number of benzene rings is 2. The first-order chi connectivity index (χ1) is 9.20. The number of methoxy groups -OCH3 is 1. The predicted octanol–water partition coefficient (Wildman–Crippen LogP) is 4.73. The smallest absolute Gasteiger partial charge is 0.123 e. The van der Waals surface area contributed by atoms with Crippen molar-refractivity contribution in [2.45, 2.75) is 18.4 Å². The standard InChI is InChI=1S/C16H17BrO2/c1-12(17)15-10-14(8-9-16(15)18-2)19-11-13-6-4-3-5-7-13/h3-10,12H,11H2,1-2H3. The second kappa shape index (κ2) is 6.62. The van der Waals surface area contributed by atoms with Gasteiger partial charge in [0, 0.05) is 10.4 Å². The summed E-state index contributed by atoms with van der Waals surface area (Å²) >= 11 is 3.57. The van der Waals surface area contributed by atoms with Crippen molar-refractivity contribution in [2.75, 3.05) is 7.11 Å². The Hall–Kier alpha value is -1.48. The van der Waals surface area contributed by atoms with E-state index in [1.165, 1.54) is 0 Å². The molecular formula is C16H17BrO2. The molecule has 3 heteroatoms. The van der Waals surface area contributed by atoms with E-state index in [4.69, 9.17) is 9.47 Å². The number of hydrogen-bond donors (Lipinski definition) is 0. The van der Waals surface area contributed by atoms with Gasteiger partial charge in [0.15, 0.2) is 0 Å². The van der Waals surface area contributed by atoms with Gasteiger partial charge in [0.25, 0.3) is 0 Å². The maximum atomic E-state index is 5.81. The molecule has 0 heterocycles. The maximum Gasteiger partial charge on any atom is 0.123 e. The molecule has 2 nitrogen and oxygen atoms in total. The lowest BCUT2D eigenvalue weighted by atomic mass is 10.1. The van der Waals surface area contributed by atoms with Gasteiger partial charge in [-0.1, -0.05) is 46.3 Å². The van der Waals surface area contributed by atoms with E-state index in [1.54, 1.807) is 7.11 Å². The molecule has 0 saturated heterocycles. The van der Waals surface area contributed by atoms with Crippen LogP contribution in [-0.2, 0) is 6.61 Å². The van der Waals surface area contributed by atoms with Crippen LogP contribution in [0.15, 0.2) is 48.5 Å². The van der Waals surface area contributed by atoms with Gasteiger partial charge in [-0.3, -0.25) is 0 Å². The third-order valence-corrected chi connectivity index (χ3v) is 3.37. The molecule has 0 aromatic heterocycles. The first kappa shape index (κ1) is 13.9. The highest BCUT2D eigenvalue weighted by Gasteiger charge is 2.10. The Labute approximate surface area is 122 Å². The maximum absolute atomic E-state index is 5.81. The van der Waals surface area contributed by atoms with Crippen molar-refractivity contribution < 1.29 is 9.47 Å². The van der Waals surface area contributed by atoms with Gasteiger partial charge in [-0.2, -0.15) is 0 Å². The largest absolute Gasteiger partial charge is 0.496 e. The monoisotopic (exact) mass is 320 g/mol. The number of ether oxygens (including phenoxy) is 2.